The van der Waals surface area contributed by atoms with Crippen molar-refractivity contribution >= 4 is 103 Å². The van der Waals surface area contributed by atoms with Crippen molar-refractivity contribution in [1.82, 2.24) is 31.9 Å². The number of nitrogens with one attached hydrogen (secondary N) is 6. The maximum atomic E-state index is 12.9. The molecular formula is C62H93IN6O22. The maximum absolute atomic E-state index is 12.9. The molecule has 0 aliphatic carbocycles. The van der Waals surface area contributed by atoms with Gasteiger partial charge in [-0.05, 0) is 95.2 Å². The molecule has 0 bridgehead atoms. The first-order valence-corrected chi connectivity index (χ1v) is 32.2. The second kappa shape index (κ2) is 47.2. The van der Waals surface area contributed by atoms with Crippen molar-refractivity contribution in [3.05, 3.63) is 41.6 Å². The number of Topliss-reactive ketones (excluding diaryl/α,β-unsaturated/α-hetero) is 1. The Balaban J connectivity index is 2.53. The minimum atomic E-state index is -1.58. The van der Waals surface area contributed by atoms with E-state index in [-0.39, 0.29) is 108 Å². The lowest BCUT2D eigenvalue weighted by Gasteiger charge is -2.21. The number of amides is 5. The highest BCUT2D eigenvalue weighted by molar-refractivity contribution is 14.1. The summed E-state index contributed by atoms with van der Waals surface area (Å²) >= 11 is 1.51. The van der Waals surface area contributed by atoms with Crippen LogP contribution in [0.25, 0.3) is 0 Å². The zero-order valence-corrected chi connectivity index (χ0v) is 53.9. The fourth-order valence-corrected chi connectivity index (χ4v) is 10.1. The van der Waals surface area contributed by atoms with Gasteiger partial charge in [-0.1, -0.05) is 95.3 Å². The van der Waals surface area contributed by atoms with Crippen LogP contribution in [0.1, 0.15) is 212 Å². The number of benzene rings is 1. The van der Waals surface area contributed by atoms with Gasteiger partial charge in [0.1, 0.15) is 47.8 Å². The average molecular weight is 1400 g/mol. The van der Waals surface area contributed by atoms with Gasteiger partial charge in [-0.2, -0.15) is 0 Å². The van der Waals surface area contributed by atoms with Crippen LogP contribution >= 0.6 is 22.6 Å². The molecule has 510 valence electrons. The van der Waals surface area contributed by atoms with Crippen molar-refractivity contribution in [1.29, 1.82) is 0 Å². The van der Waals surface area contributed by atoms with Crippen LogP contribution in [0, 0.1) is 5.92 Å². The topological polar surface area (TPSA) is 473 Å². The summed E-state index contributed by atoms with van der Waals surface area (Å²) in [5.41, 5.74) is 0.857. The van der Waals surface area contributed by atoms with Crippen molar-refractivity contribution in [2.24, 2.45) is 5.92 Å². The number of hydrogen-bond acceptors (Lipinski definition) is 16. The SMILES string of the molecule is C/C=C(/CCC(NC(=O)CCC(NC(=O)CCCCCCCCCCCCCCCCC(=O)O)C(=O)O)C(=O)O)NC(CCC(=O)NC(CCC(=O)CCC[C@H](CCC(=O)NC(CCC(=O)NC(Cc1ccc(O)cc1)C(=O)I)C(=O)O)C(=O)O)C(=O)O)C(=O)O. The highest BCUT2D eigenvalue weighted by Crippen LogP contribution is 2.19. The molecule has 14 N–H and O–H groups in total. The maximum Gasteiger partial charge on any atom is 0.326 e. The van der Waals surface area contributed by atoms with E-state index >= 15 is 0 Å². The van der Waals surface area contributed by atoms with Gasteiger partial charge in [-0.3, -0.25) is 43.2 Å². The van der Waals surface area contributed by atoms with Gasteiger partial charge in [0.25, 0.3) is 0 Å². The third-order valence-electron chi connectivity index (χ3n) is 15.0. The zero-order valence-electron chi connectivity index (χ0n) is 51.7. The van der Waals surface area contributed by atoms with Crippen LogP contribution in [0.2, 0.25) is 0 Å². The Morgan fingerprint density at radius 1 is 0.363 bits per heavy atom. The molecule has 0 saturated carbocycles. The molecule has 0 radical (unpaired) electrons. The molecule has 0 saturated heterocycles. The van der Waals surface area contributed by atoms with Gasteiger partial charge in [-0.15, -0.1) is 0 Å². The van der Waals surface area contributed by atoms with Crippen molar-refractivity contribution in [2.45, 2.75) is 249 Å². The highest BCUT2D eigenvalue weighted by atomic mass is 127. The molecule has 0 spiro atoms. The van der Waals surface area contributed by atoms with Gasteiger partial charge >= 0.3 is 41.8 Å². The Bertz CT molecular complexity index is 2580. The second-order valence-electron chi connectivity index (χ2n) is 22.5. The highest BCUT2D eigenvalue weighted by Gasteiger charge is 2.29. The number of carbonyl (C=O) groups excluding carboxylic acids is 7. The van der Waals surface area contributed by atoms with Gasteiger partial charge in [-0.25, -0.2) is 24.0 Å². The largest absolute Gasteiger partial charge is 0.508 e. The van der Waals surface area contributed by atoms with Gasteiger partial charge in [0.2, 0.25) is 33.3 Å². The van der Waals surface area contributed by atoms with Crippen LogP contribution in [-0.2, 0) is 73.5 Å². The third-order valence-corrected chi connectivity index (χ3v) is 15.8. The number of carboxylic acid groups (broad SMARTS) is 7. The monoisotopic (exact) mass is 1400 g/mol. The van der Waals surface area contributed by atoms with E-state index in [0.29, 0.717) is 12.0 Å². The van der Waals surface area contributed by atoms with Crippen molar-refractivity contribution < 1.29 is 108 Å². The first kappa shape index (κ1) is 81.3. The number of phenols is 1. The normalized spacial score (nSPS) is 13.5. The van der Waals surface area contributed by atoms with E-state index in [1.54, 1.807) is 12.1 Å². The molecule has 28 nitrogen and oxygen atoms in total. The smallest absolute Gasteiger partial charge is 0.326 e. The average Bonchev–Trinajstić information content (AvgIpc) is 3.57. The molecule has 1 rings (SSSR count). The zero-order chi connectivity index (χ0) is 68.3. The van der Waals surface area contributed by atoms with Crippen LogP contribution < -0.4 is 31.9 Å². The van der Waals surface area contributed by atoms with Crippen LogP contribution in [0.4, 0.5) is 0 Å². The molecule has 1 aromatic carbocycles. The molecule has 5 amide bonds. The molecule has 6 unspecified atom stereocenters. The van der Waals surface area contributed by atoms with E-state index in [4.69, 9.17) is 5.11 Å². The summed E-state index contributed by atoms with van der Waals surface area (Å²) in [5, 5.41) is 91.5. The molecular weight excluding hydrogens is 1310 g/mol. The number of halogens is 1. The van der Waals surface area contributed by atoms with E-state index < -0.39 is 142 Å². The number of ketones is 1. The lowest BCUT2D eigenvalue weighted by atomic mass is 9.95. The molecule has 0 aliphatic heterocycles. The molecule has 7 atom stereocenters. The summed E-state index contributed by atoms with van der Waals surface area (Å²) in [6.45, 7) is 1.52. The molecule has 1 aromatic rings. The van der Waals surface area contributed by atoms with Crippen LogP contribution in [0.3, 0.4) is 0 Å². The van der Waals surface area contributed by atoms with Gasteiger partial charge in [0.05, 0.1) is 5.92 Å². The minimum absolute atomic E-state index is 0.00602. The predicted octanol–water partition coefficient (Wildman–Crippen LogP) is 6.05. The number of aromatic hydroxyl groups is 1. The third kappa shape index (κ3) is 39.9. The summed E-state index contributed by atoms with van der Waals surface area (Å²) in [4.78, 5) is 171. The number of hydrogen-bond donors (Lipinski definition) is 14. The molecule has 0 heterocycles. The number of carbonyl (C=O) groups is 14. The van der Waals surface area contributed by atoms with Crippen LogP contribution in [0.5, 0.6) is 5.75 Å². The standard InChI is InChI=1S/C62H93IN6O22/c1-2-41(25-29-45(59(84)85)66-53(75)36-32-47(61(88)89)65-50(72)20-15-13-11-9-7-5-3-4-6-8-10-12-14-16-21-55(77)78)64-44(58(82)83)31-35-52(74)67-46(60(86)87)30-28-42(70)19-17-18-40(57(80)81)24-34-51(73)68-48(62(90)91)33-37-54(76)69-49(56(63)79)38-39-22-26-43(71)27-23-39/h2,22-23,26-27,40,44-49,64,71H,3-21,24-25,28-38H2,1H3,(H,65,72)(H,66,75)(H,67,74)(H,68,73)(H,69,76)(H,77,78)(H,80,81)(H,82,83)(H,84,85)(H,86,87)(H,88,89)(H,90,91)/b41-2-/t40-,44?,45?,46?,47?,48?,49?/m1/s1. The summed E-state index contributed by atoms with van der Waals surface area (Å²) in [7, 11) is 0. The van der Waals surface area contributed by atoms with Gasteiger partial charge < -0.3 is 72.8 Å². The van der Waals surface area contributed by atoms with Crippen LogP contribution in [-0.4, -0.2) is 158 Å². The quantitative estimate of drug-likeness (QED) is 0.0200. The van der Waals surface area contributed by atoms with Gasteiger partial charge in [0, 0.05) is 86.1 Å². The lowest BCUT2D eigenvalue weighted by molar-refractivity contribution is -0.144. The summed E-state index contributed by atoms with van der Waals surface area (Å²) in [5.74, 6) is -14.5. The number of carboxylic acids is 7. The number of unbranched alkanes of at least 4 members (excludes halogenated alkanes) is 13. The first-order valence-electron chi connectivity index (χ1n) is 31.1. The number of aliphatic carboxylic acids is 7. The molecule has 29 heteroatoms. The van der Waals surface area contributed by atoms with Crippen molar-refractivity contribution in [2.75, 3.05) is 0 Å². The Hall–Kier alpha value is -7.73. The molecule has 0 aliphatic rings. The van der Waals surface area contributed by atoms with Crippen molar-refractivity contribution in [3.8, 4) is 5.75 Å². The fourth-order valence-electron chi connectivity index (χ4n) is 9.68. The molecule has 0 fully saturated rings. The molecule has 91 heavy (non-hydrogen) atoms. The van der Waals surface area contributed by atoms with Gasteiger partial charge in [0.15, 0.2) is 0 Å². The van der Waals surface area contributed by atoms with E-state index in [9.17, 15) is 103 Å². The summed E-state index contributed by atoms with van der Waals surface area (Å²) in [6, 6.07) is -2.44. The van der Waals surface area contributed by atoms with Crippen molar-refractivity contribution in [3.63, 3.8) is 0 Å². The molecule has 0 aromatic heterocycles. The number of rotatable bonds is 55. The fraction of sp³-hybridized carbons (Fsp3) is 0.645. The van der Waals surface area contributed by atoms with E-state index in [1.165, 1.54) is 47.7 Å². The summed E-state index contributed by atoms with van der Waals surface area (Å²) < 4.78 is -0.401. The van der Waals surface area contributed by atoms with Crippen LogP contribution in [0.15, 0.2) is 36.0 Å². The predicted molar refractivity (Wildman–Crippen MR) is 336 cm³/mol. The number of allylic oxidation sites excluding steroid dienone is 2. The summed E-state index contributed by atoms with van der Waals surface area (Å²) in [6.07, 6.45) is 11.4. The second-order valence-corrected chi connectivity index (χ2v) is 23.6. The Kier molecular flexibility index (Phi) is 42.2. The lowest BCUT2D eigenvalue weighted by Crippen LogP contribution is -2.44. The minimum Gasteiger partial charge on any atom is -0.508 e. The van der Waals surface area contributed by atoms with E-state index in [0.717, 1.165) is 83.5 Å². The van der Waals surface area contributed by atoms with E-state index in [2.05, 4.69) is 31.9 Å². The first-order chi connectivity index (χ1) is 43.1. The number of phenolic OH excluding ortho intramolecular Hbond substituents is 1. The Morgan fingerprint density at radius 3 is 1.05 bits per heavy atom. The van der Waals surface area contributed by atoms with E-state index in [1.807, 2.05) is 0 Å². The Morgan fingerprint density at radius 2 is 0.692 bits per heavy atom. The Labute approximate surface area is 542 Å².